The molecule has 3 rings (SSSR count). The van der Waals surface area contributed by atoms with E-state index in [9.17, 15) is 13.2 Å². The van der Waals surface area contributed by atoms with Crippen molar-refractivity contribution < 1.29 is 13.2 Å². The second-order valence-corrected chi connectivity index (χ2v) is 8.55. The Balaban J connectivity index is 1.56. The van der Waals surface area contributed by atoms with Gasteiger partial charge in [0.2, 0.25) is 15.9 Å². The summed E-state index contributed by atoms with van der Waals surface area (Å²) in [6.07, 6.45) is 0.719. The molecule has 7 nitrogen and oxygen atoms in total. The Bertz CT molecular complexity index is 997. The van der Waals surface area contributed by atoms with E-state index in [1.165, 1.54) is 23.9 Å². The van der Waals surface area contributed by atoms with Crippen LogP contribution >= 0.6 is 11.8 Å². The molecule has 0 saturated heterocycles. The van der Waals surface area contributed by atoms with Gasteiger partial charge in [-0.3, -0.25) is 4.79 Å². The molecule has 27 heavy (non-hydrogen) atoms. The van der Waals surface area contributed by atoms with Gasteiger partial charge in [-0.05, 0) is 42.8 Å². The Hall–Kier alpha value is -2.36. The van der Waals surface area contributed by atoms with Crippen molar-refractivity contribution in [2.75, 3.05) is 17.6 Å². The van der Waals surface area contributed by atoms with Crippen LogP contribution in [0.4, 0.5) is 5.69 Å². The largest absolute Gasteiger partial charge is 0.333 e. The number of aromatic amines is 1. The standard InChI is InChI=1S/C18H20N4O3S2/c1-2-11-19-27(24,25)14-9-7-13(8-10-14)20-17(23)12-26-18-21-15-5-3-4-6-16(15)22-18/h3-10,19H,2,11-12H2,1H3,(H,20,23)(H,21,22). The summed E-state index contributed by atoms with van der Waals surface area (Å²) in [5.41, 5.74) is 2.32. The lowest BCUT2D eigenvalue weighted by atomic mass is 10.3. The van der Waals surface area contributed by atoms with Crippen LogP contribution < -0.4 is 10.0 Å². The van der Waals surface area contributed by atoms with Gasteiger partial charge in [0.15, 0.2) is 5.16 Å². The van der Waals surface area contributed by atoms with Crippen molar-refractivity contribution >= 4 is 44.4 Å². The molecule has 0 bridgehead atoms. The first-order valence-corrected chi connectivity index (χ1v) is 10.9. The van der Waals surface area contributed by atoms with Gasteiger partial charge in [0.1, 0.15) is 0 Å². The number of rotatable bonds is 8. The second kappa shape index (κ2) is 8.55. The first kappa shape index (κ1) is 19.4. The number of nitrogens with zero attached hydrogens (tertiary/aromatic N) is 1. The average molecular weight is 405 g/mol. The number of fused-ring (bicyclic) bond motifs is 1. The van der Waals surface area contributed by atoms with E-state index in [-0.39, 0.29) is 16.6 Å². The molecule has 1 aromatic heterocycles. The van der Waals surface area contributed by atoms with E-state index in [4.69, 9.17) is 0 Å². The molecule has 0 atom stereocenters. The molecular weight excluding hydrogens is 384 g/mol. The van der Waals surface area contributed by atoms with Crippen molar-refractivity contribution in [1.29, 1.82) is 0 Å². The minimum absolute atomic E-state index is 0.172. The molecule has 2 aromatic carbocycles. The molecule has 9 heteroatoms. The van der Waals surface area contributed by atoms with Crippen LogP contribution in [0.25, 0.3) is 11.0 Å². The Labute approximate surface area is 162 Å². The van der Waals surface area contributed by atoms with Gasteiger partial charge in [0.05, 0.1) is 21.7 Å². The highest BCUT2D eigenvalue weighted by atomic mass is 32.2. The van der Waals surface area contributed by atoms with E-state index in [0.717, 1.165) is 17.5 Å². The van der Waals surface area contributed by atoms with Crippen molar-refractivity contribution in [2.24, 2.45) is 0 Å². The minimum atomic E-state index is -3.51. The average Bonchev–Trinajstić information content (AvgIpc) is 3.08. The van der Waals surface area contributed by atoms with Crippen molar-refractivity contribution in [3.63, 3.8) is 0 Å². The van der Waals surface area contributed by atoms with Crippen molar-refractivity contribution in [3.05, 3.63) is 48.5 Å². The SMILES string of the molecule is CCCNS(=O)(=O)c1ccc(NC(=O)CSc2nc3ccccc3[nH]2)cc1. The first-order valence-electron chi connectivity index (χ1n) is 8.45. The normalized spacial score (nSPS) is 11.6. The van der Waals surface area contributed by atoms with Crippen LogP contribution in [0.3, 0.4) is 0 Å². The third kappa shape index (κ3) is 5.09. The van der Waals surface area contributed by atoms with Crippen molar-refractivity contribution in [2.45, 2.75) is 23.4 Å². The summed E-state index contributed by atoms with van der Waals surface area (Å²) in [6.45, 7) is 2.28. The summed E-state index contributed by atoms with van der Waals surface area (Å²) in [5.74, 6) is -0.00190. The topological polar surface area (TPSA) is 104 Å². The summed E-state index contributed by atoms with van der Waals surface area (Å²) < 4.78 is 26.6. The number of para-hydroxylation sites is 2. The molecule has 0 aliphatic carbocycles. The number of thioether (sulfide) groups is 1. The summed E-state index contributed by atoms with van der Waals surface area (Å²) >= 11 is 1.31. The number of hydrogen-bond donors (Lipinski definition) is 3. The van der Waals surface area contributed by atoms with Crippen LogP contribution in [0.2, 0.25) is 0 Å². The number of benzene rings is 2. The van der Waals surface area contributed by atoms with Crippen LogP contribution in [-0.2, 0) is 14.8 Å². The van der Waals surface area contributed by atoms with Gasteiger partial charge < -0.3 is 10.3 Å². The molecule has 1 amide bonds. The predicted molar refractivity (Wildman–Crippen MR) is 107 cm³/mol. The first-order chi connectivity index (χ1) is 13.0. The molecule has 3 aromatic rings. The maximum Gasteiger partial charge on any atom is 0.240 e. The summed E-state index contributed by atoms with van der Waals surface area (Å²) in [4.78, 5) is 19.9. The number of amides is 1. The van der Waals surface area contributed by atoms with Crippen LogP contribution in [0.5, 0.6) is 0 Å². The maximum absolute atomic E-state index is 12.1. The Morgan fingerprint density at radius 2 is 1.89 bits per heavy atom. The highest BCUT2D eigenvalue weighted by Crippen LogP contribution is 2.20. The minimum Gasteiger partial charge on any atom is -0.333 e. The van der Waals surface area contributed by atoms with Gasteiger partial charge >= 0.3 is 0 Å². The number of aromatic nitrogens is 2. The second-order valence-electron chi connectivity index (χ2n) is 5.82. The monoisotopic (exact) mass is 404 g/mol. The molecule has 0 aliphatic rings. The molecule has 0 unspecified atom stereocenters. The quantitative estimate of drug-likeness (QED) is 0.501. The third-order valence-electron chi connectivity index (χ3n) is 3.70. The van der Waals surface area contributed by atoms with E-state index in [1.807, 2.05) is 31.2 Å². The number of H-pyrrole nitrogens is 1. The smallest absolute Gasteiger partial charge is 0.240 e. The van der Waals surface area contributed by atoms with Gasteiger partial charge in [-0.25, -0.2) is 18.1 Å². The molecule has 3 N–H and O–H groups in total. The molecule has 0 aliphatic heterocycles. The Morgan fingerprint density at radius 1 is 1.15 bits per heavy atom. The molecule has 0 radical (unpaired) electrons. The zero-order valence-electron chi connectivity index (χ0n) is 14.7. The highest BCUT2D eigenvalue weighted by Gasteiger charge is 2.13. The molecular formula is C18H20N4O3S2. The lowest BCUT2D eigenvalue weighted by Crippen LogP contribution is -2.24. The zero-order chi connectivity index (χ0) is 19.3. The van der Waals surface area contributed by atoms with Gasteiger partial charge in [0.25, 0.3) is 0 Å². The van der Waals surface area contributed by atoms with Gasteiger partial charge in [-0.2, -0.15) is 0 Å². The fraction of sp³-hybridized carbons (Fsp3) is 0.222. The number of carbonyl (C=O) groups excluding carboxylic acids is 1. The van der Waals surface area contributed by atoms with Crippen LogP contribution in [0.15, 0.2) is 58.6 Å². The molecule has 142 valence electrons. The number of nitrogens with one attached hydrogen (secondary N) is 3. The van der Waals surface area contributed by atoms with E-state index in [1.54, 1.807) is 12.1 Å². The van der Waals surface area contributed by atoms with Gasteiger partial charge in [0, 0.05) is 12.2 Å². The lowest BCUT2D eigenvalue weighted by molar-refractivity contribution is -0.113. The number of anilines is 1. The number of sulfonamides is 1. The zero-order valence-corrected chi connectivity index (χ0v) is 16.4. The number of hydrogen-bond acceptors (Lipinski definition) is 5. The number of imidazole rings is 1. The molecule has 0 fully saturated rings. The van der Waals surface area contributed by atoms with Crippen LogP contribution in [-0.4, -0.2) is 36.6 Å². The molecule has 1 heterocycles. The van der Waals surface area contributed by atoms with Crippen LogP contribution in [0, 0.1) is 0 Å². The highest BCUT2D eigenvalue weighted by molar-refractivity contribution is 7.99. The van der Waals surface area contributed by atoms with Gasteiger partial charge in [-0.15, -0.1) is 0 Å². The maximum atomic E-state index is 12.1. The lowest BCUT2D eigenvalue weighted by Gasteiger charge is -2.08. The number of carbonyl (C=O) groups is 1. The van der Waals surface area contributed by atoms with E-state index < -0.39 is 10.0 Å². The van der Waals surface area contributed by atoms with E-state index >= 15 is 0 Å². The Kier molecular flexibility index (Phi) is 6.15. The fourth-order valence-corrected chi connectivity index (χ4v) is 4.18. The third-order valence-corrected chi connectivity index (χ3v) is 6.05. The van der Waals surface area contributed by atoms with Crippen LogP contribution in [0.1, 0.15) is 13.3 Å². The Morgan fingerprint density at radius 3 is 2.59 bits per heavy atom. The van der Waals surface area contributed by atoms with Crippen molar-refractivity contribution in [1.82, 2.24) is 14.7 Å². The summed E-state index contributed by atoms with van der Waals surface area (Å²) in [7, 11) is -3.51. The van der Waals surface area contributed by atoms with E-state index in [2.05, 4.69) is 20.0 Å². The van der Waals surface area contributed by atoms with Gasteiger partial charge in [-0.1, -0.05) is 30.8 Å². The summed E-state index contributed by atoms with van der Waals surface area (Å²) in [5, 5.41) is 3.43. The molecule has 0 saturated carbocycles. The fourth-order valence-electron chi connectivity index (χ4n) is 2.37. The molecule has 0 spiro atoms. The summed E-state index contributed by atoms with van der Waals surface area (Å²) in [6, 6.07) is 13.8. The predicted octanol–water partition coefficient (Wildman–Crippen LogP) is 2.98. The van der Waals surface area contributed by atoms with Crippen molar-refractivity contribution in [3.8, 4) is 0 Å². The van der Waals surface area contributed by atoms with E-state index in [0.29, 0.717) is 17.4 Å².